The van der Waals surface area contributed by atoms with Crippen LogP contribution in [0.15, 0.2) is 34.9 Å². The maximum absolute atomic E-state index is 2.41. The van der Waals surface area contributed by atoms with Crippen molar-refractivity contribution in [2.24, 2.45) is 0 Å². The first-order valence-electron chi connectivity index (χ1n) is 7.08. The predicted molar refractivity (Wildman–Crippen MR) is 88.4 cm³/mol. The van der Waals surface area contributed by atoms with E-state index in [0.717, 1.165) is 0 Å². The molecule has 0 heterocycles. The summed E-state index contributed by atoms with van der Waals surface area (Å²) in [6.07, 6.45) is 11.9. The van der Waals surface area contributed by atoms with Gasteiger partial charge in [-0.3, -0.25) is 0 Å². The largest absolute Gasteiger partial charge is 0.158 e. The summed E-state index contributed by atoms with van der Waals surface area (Å²) in [4.78, 5) is 0. The fourth-order valence-electron chi connectivity index (χ4n) is 1.66. The minimum absolute atomic E-state index is 1.17. The second-order valence-electron chi connectivity index (χ2n) is 5.12. The Labute approximate surface area is 119 Å². The van der Waals surface area contributed by atoms with Crippen LogP contribution in [0.2, 0.25) is 0 Å². The highest BCUT2D eigenvalue weighted by Crippen LogP contribution is 2.12. The summed E-state index contributed by atoms with van der Waals surface area (Å²) in [7, 11) is 0. The molecule has 0 radical (unpaired) electrons. The van der Waals surface area contributed by atoms with Crippen LogP contribution in [0.4, 0.5) is 0 Å². The highest BCUT2D eigenvalue weighted by molar-refractivity contribution is 7.99. The molecule has 0 saturated carbocycles. The van der Waals surface area contributed by atoms with Crippen molar-refractivity contribution in [2.45, 2.75) is 60.3 Å². The van der Waals surface area contributed by atoms with Gasteiger partial charge in [0.05, 0.1) is 0 Å². The third-order valence-electron chi connectivity index (χ3n) is 2.88. The molecule has 0 unspecified atom stereocenters. The summed E-state index contributed by atoms with van der Waals surface area (Å²) < 4.78 is 0. The molecule has 0 saturated heterocycles. The van der Waals surface area contributed by atoms with Crippen LogP contribution in [0, 0.1) is 0 Å². The third-order valence-corrected chi connectivity index (χ3v) is 3.69. The molecule has 0 aromatic carbocycles. The Morgan fingerprint density at radius 1 is 0.833 bits per heavy atom. The number of hydrogen-bond acceptors (Lipinski definition) is 1. The normalized spacial score (nSPS) is 12.7. The van der Waals surface area contributed by atoms with Gasteiger partial charge in [0.25, 0.3) is 0 Å². The molecule has 104 valence electrons. The van der Waals surface area contributed by atoms with E-state index in [9.17, 15) is 0 Å². The molecule has 0 fully saturated rings. The quantitative estimate of drug-likeness (QED) is 0.356. The van der Waals surface area contributed by atoms with Crippen LogP contribution in [0.3, 0.4) is 0 Å². The van der Waals surface area contributed by atoms with E-state index >= 15 is 0 Å². The molecule has 0 rings (SSSR count). The molecule has 0 N–H and O–H groups in total. The van der Waals surface area contributed by atoms with Crippen molar-refractivity contribution in [1.82, 2.24) is 0 Å². The van der Waals surface area contributed by atoms with Crippen LogP contribution < -0.4 is 0 Å². The van der Waals surface area contributed by atoms with Crippen molar-refractivity contribution in [2.75, 3.05) is 11.5 Å². The molecule has 0 amide bonds. The Kier molecular flexibility index (Phi) is 11.4. The van der Waals surface area contributed by atoms with Gasteiger partial charge in [0.2, 0.25) is 0 Å². The van der Waals surface area contributed by atoms with Crippen molar-refractivity contribution < 1.29 is 0 Å². The van der Waals surface area contributed by atoms with E-state index in [2.05, 4.69) is 52.8 Å². The monoisotopic (exact) mass is 266 g/mol. The Bertz CT molecular complexity index is 291. The number of hydrogen-bond donors (Lipinski definition) is 0. The van der Waals surface area contributed by atoms with Gasteiger partial charge in [0.15, 0.2) is 0 Å². The molecule has 0 atom stereocenters. The molecule has 1 heteroatoms. The zero-order chi connectivity index (χ0) is 13.8. The molecule has 0 aromatic rings. The molecule has 0 aliphatic heterocycles. The smallest absolute Gasteiger partial charge is 0.0115 e. The molecule has 0 aliphatic rings. The van der Waals surface area contributed by atoms with E-state index in [-0.39, 0.29) is 0 Å². The molecule has 0 bridgehead atoms. The van der Waals surface area contributed by atoms with Crippen LogP contribution in [0.5, 0.6) is 0 Å². The van der Waals surface area contributed by atoms with Gasteiger partial charge in [0, 0.05) is 5.75 Å². The van der Waals surface area contributed by atoms with Crippen LogP contribution >= 0.6 is 11.8 Å². The molecular formula is C17H30S. The van der Waals surface area contributed by atoms with Crippen molar-refractivity contribution in [3.63, 3.8) is 0 Å². The van der Waals surface area contributed by atoms with Gasteiger partial charge in [-0.2, -0.15) is 11.8 Å². The SMILES string of the molecule is CCSC/C=C(\C)CC/C=C(\C)CCC=C(C)C. The Morgan fingerprint density at radius 3 is 1.94 bits per heavy atom. The molecule has 0 nitrogen and oxygen atoms in total. The van der Waals surface area contributed by atoms with E-state index < -0.39 is 0 Å². The second kappa shape index (κ2) is 11.6. The minimum Gasteiger partial charge on any atom is -0.158 e. The predicted octanol–water partition coefficient (Wildman–Crippen LogP) is 6.16. The summed E-state index contributed by atoms with van der Waals surface area (Å²) in [5.41, 5.74) is 4.49. The average molecular weight is 266 g/mol. The highest BCUT2D eigenvalue weighted by Gasteiger charge is 1.92. The highest BCUT2D eigenvalue weighted by atomic mass is 32.2. The lowest BCUT2D eigenvalue weighted by Crippen LogP contribution is -1.82. The van der Waals surface area contributed by atoms with Gasteiger partial charge in [-0.1, -0.05) is 41.9 Å². The summed E-state index contributed by atoms with van der Waals surface area (Å²) in [6, 6.07) is 0. The van der Waals surface area contributed by atoms with E-state index in [4.69, 9.17) is 0 Å². The lowest BCUT2D eigenvalue weighted by molar-refractivity contribution is 0.917. The number of allylic oxidation sites excluding steroid dienone is 5. The summed E-state index contributed by atoms with van der Waals surface area (Å²) in [5, 5.41) is 0. The average Bonchev–Trinajstić information content (AvgIpc) is 2.29. The molecule has 0 aliphatic carbocycles. The fraction of sp³-hybridized carbons (Fsp3) is 0.647. The van der Waals surface area contributed by atoms with Gasteiger partial charge < -0.3 is 0 Å². The Hall–Kier alpha value is -0.430. The summed E-state index contributed by atoms with van der Waals surface area (Å²) >= 11 is 1.99. The molecule has 0 spiro atoms. The Balaban J connectivity index is 3.79. The summed E-state index contributed by atoms with van der Waals surface area (Å²) in [5.74, 6) is 2.39. The van der Waals surface area contributed by atoms with Gasteiger partial charge in [-0.05, 0) is 59.1 Å². The first-order chi connectivity index (χ1) is 8.56. The second-order valence-corrected chi connectivity index (χ2v) is 6.44. The van der Waals surface area contributed by atoms with E-state index in [0.29, 0.717) is 0 Å². The first-order valence-corrected chi connectivity index (χ1v) is 8.24. The number of thioether (sulfide) groups is 1. The standard InChI is InChI=1S/C17H30S/c1-6-18-14-13-17(5)12-8-11-16(4)10-7-9-15(2)3/h9,11,13H,6-8,10,12,14H2,1-5H3/b16-11+,17-13+. The lowest BCUT2D eigenvalue weighted by Gasteiger charge is -2.01. The summed E-state index contributed by atoms with van der Waals surface area (Å²) in [6.45, 7) is 11.1. The third kappa shape index (κ3) is 12.0. The van der Waals surface area contributed by atoms with Crippen LogP contribution in [-0.2, 0) is 0 Å². The van der Waals surface area contributed by atoms with E-state index in [1.807, 2.05) is 11.8 Å². The van der Waals surface area contributed by atoms with Gasteiger partial charge in [-0.25, -0.2) is 0 Å². The Morgan fingerprint density at radius 2 is 1.39 bits per heavy atom. The van der Waals surface area contributed by atoms with Crippen molar-refractivity contribution in [3.05, 3.63) is 34.9 Å². The van der Waals surface area contributed by atoms with Crippen LogP contribution in [-0.4, -0.2) is 11.5 Å². The van der Waals surface area contributed by atoms with Gasteiger partial charge >= 0.3 is 0 Å². The lowest BCUT2D eigenvalue weighted by atomic mass is 10.1. The minimum atomic E-state index is 1.17. The van der Waals surface area contributed by atoms with Crippen molar-refractivity contribution >= 4 is 11.8 Å². The molecular weight excluding hydrogens is 236 g/mol. The number of rotatable bonds is 9. The first kappa shape index (κ1) is 17.6. The zero-order valence-corrected chi connectivity index (χ0v) is 13.7. The molecule has 0 aromatic heterocycles. The fourth-order valence-corrected chi connectivity index (χ4v) is 2.30. The van der Waals surface area contributed by atoms with Crippen molar-refractivity contribution in [3.8, 4) is 0 Å². The maximum Gasteiger partial charge on any atom is 0.0115 e. The maximum atomic E-state index is 2.41. The molecule has 18 heavy (non-hydrogen) atoms. The van der Waals surface area contributed by atoms with E-state index in [1.54, 1.807) is 0 Å². The zero-order valence-electron chi connectivity index (χ0n) is 12.9. The van der Waals surface area contributed by atoms with E-state index in [1.165, 1.54) is 53.9 Å². The topological polar surface area (TPSA) is 0 Å². The van der Waals surface area contributed by atoms with Crippen molar-refractivity contribution in [1.29, 1.82) is 0 Å². The van der Waals surface area contributed by atoms with Crippen LogP contribution in [0.25, 0.3) is 0 Å². The van der Waals surface area contributed by atoms with Crippen LogP contribution in [0.1, 0.15) is 60.3 Å². The van der Waals surface area contributed by atoms with Gasteiger partial charge in [0.1, 0.15) is 0 Å². The van der Waals surface area contributed by atoms with Gasteiger partial charge in [-0.15, -0.1) is 0 Å².